The van der Waals surface area contributed by atoms with Gasteiger partial charge in [0.05, 0.1) is 11.6 Å². The molecule has 2 amide bonds. The van der Waals surface area contributed by atoms with E-state index in [1.165, 1.54) is 0 Å². The van der Waals surface area contributed by atoms with Crippen molar-refractivity contribution in [1.82, 2.24) is 10.6 Å². The summed E-state index contributed by atoms with van der Waals surface area (Å²) in [6, 6.07) is -0.679. The summed E-state index contributed by atoms with van der Waals surface area (Å²) in [7, 11) is 0. The molecule has 0 saturated carbocycles. The van der Waals surface area contributed by atoms with Crippen LogP contribution in [0.4, 0.5) is 4.79 Å². The second-order valence-electron chi connectivity index (χ2n) is 3.99. The summed E-state index contributed by atoms with van der Waals surface area (Å²) in [5.41, 5.74) is 0.716. The Bertz CT molecular complexity index is 323. The SMILES string of the molecule is CCCCCC1NC(=O)NC(C)=C1C(=O)O. The van der Waals surface area contributed by atoms with Crippen molar-refractivity contribution >= 4 is 12.0 Å². The predicted octanol–water partition coefficient (Wildman–Crippen LogP) is 1.61. The molecule has 0 aliphatic carbocycles. The molecule has 5 heteroatoms. The number of carbonyl (C=O) groups is 2. The molecule has 1 heterocycles. The Morgan fingerprint density at radius 1 is 1.44 bits per heavy atom. The summed E-state index contributed by atoms with van der Waals surface area (Å²) in [6.45, 7) is 3.70. The number of carboxylic acid groups (broad SMARTS) is 1. The van der Waals surface area contributed by atoms with Crippen LogP contribution in [0.25, 0.3) is 0 Å². The van der Waals surface area contributed by atoms with E-state index in [0.717, 1.165) is 19.3 Å². The average molecular weight is 226 g/mol. The minimum atomic E-state index is -0.966. The largest absolute Gasteiger partial charge is 0.478 e. The molecule has 3 N–H and O–H groups in total. The molecule has 0 bridgehead atoms. The number of hydrogen-bond donors (Lipinski definition) is 3. The van der Waals surface area contributed by atoms with Gasteiger partial charge in [-0.1, -0.05) is 26.2 Å². The van der Waals surface area contributed by atoms with Crippen LogP contribution in [0.3, 0.4) is 0 Å². The summed E-state index contributed by atoms with van der Waals surface area (Å²) in [5.74, 6) is -0.966. The number of carbonyl (C=O) groups excluding carboxylic acids is 1. The minimum Gasteiger partial charge on any atom is -0.478 e. The molecule has 5 nitrogen and oxygen atoms in total. The van der Waals surface area contributed by atoms with E-state index < -0.39 is 5.97 Å². The highest BCUT2D eigenvalue weighted by Crippen LogP contribution is 2.17. The third-order valence-corrected chi connectivity index (χ3v) is 2.69. The third-order valence-electron chi connectivity index (χ3n) is 2.69. The second-order valence-corrected chi connectivity index (χ2v) is 3.99. The summed E-state index contributed by atoms with van der Waals surface area (Å²) < 4.78 is 0. The Morgan fingerprint density at radius 3 is 2.69 bits per heavy atom. The zero-order valence-electron chi connectivity index (χ0n) is 9.67. The van der Waals surface area contributed by atoms with E-state index in [1.54, 1.807) is 6.92 Å². The molecule has 0 saturated heterocycles. The van der Waals surface area contributed by atoms with Crippen molar-refractivity contribution in [3.8, 4) is 0 Å². The van der Waals surface area contributed by atoms with Crippen molar-refractivity contribution in [1.29, 1.82) is 0 Å². The van der Waals surface area contributed by atoms with Gasteiger partial charge in [0.25, 0.3) is 0 Å². The van der Waals surface area contributed by atoms with Crippen LogP contribution in [0.5, 0.6) is 0 Å². The molecule has 0 fully saturated rings. The summed E-state index contributed by atoms with van der Waals surface area (Å²) >= 11 is 0. The number of carboxylic acids is 1. The number of nitrogens with one attached hydrogen (secondary N) is 2. The summed E-state index contributed by atoms with van der Waals surface area (Å²) in [6.07, 6.45) is 3.72. The van der Waals surface area contributed by atoms with Gasteiger partial charge < -0.3 is 15.7 Å². The lowest BCUT2D eigenvalue weighted by molar-refractivity contribution is -0.133. The van der Waals surface area contributed by atoms with Crippen LogP contribution >= 0.6 is 0 Å². The molecule has 16 heavy (non-hydrogen) atoms. The number of amides is 2. The third kappa shape index (κ3) is 2.98. The first kappa shape index (κ1) is 12.5. The topological polar surface area (TPSA) is 78.4 Å². The fraction of sp³-hybridized carbons (Fsp3) is 0.636. The van der Waals surface area contributed by atoms with Crippen molar-refractivity contribution in [3.05, 3.63) is 11.3 Å². The molecule has 0 aromatic carbocycles. The molecular formula is C11H18N2O3. The summed E-state index contributed by atoms with van der Waals surface area (Å²) in [4.78, 5) is 22.3. The Kier molecular flexibility index (Phi) is 4.34. The Morgan fingerprint density at radius 2 is 2.12 bits per heavy atom. The van der Waals surface area contributed by atoms with Crippen molar-refractivity contribution in [2.75, 3.05) is 0 Å². The highest BCUT2D eigenvalue weighted by atomic mass is 16.4. The molecule has 1 rings (SSSR count). The van der Waals surface area contributed by atoms with Gasteiger partial charge in [0.15, 0.2) is 0 Å². The van der Waals surface area contributed by atoms with E-state index in [2.05, 4.69) is 17.6 Å². The van der Waals surface area contributed by atoms with Crippen LogP contribution in [0, 0.1) is 0 Å². The fourth-order valence-electron chi connectivity index (χ4n) is 1.89. The van der Waals surface area contributed by atoms with E-state index in [4.69, 9.17) is 5.11 Å². The number of hydrogen-bond acceptors (Lipinski definition) is 2. The first-order chi connectivity index (χ1) is 7.56. The Hall–Kier alpha value is -1.52. The number of aliphatic carboxylic acids is 1. The first-order valence-electron chi connectivity index (χ1n) is 5.57. The normalized spacial score (nSPS) is 20.4. The van der Waals surface area contributed by atoms with Crippen LogP contribution < -0.4 is 10.6 Å². The lowest BCUT2D eigenvalue weighted by atomic mass is 9.97. The van der Waals surface area contributed by atoms with Gasteiger partial charge in [-0.25, -0.2) is 9.59 Å². The molecular weight excluding hydrogens is 208 g/mol. The summed E-state index contributed by atoms with van der Waals surface area (Å²) in [5, 5.41) is 14.2. The number of allylic oxidation sites excluding steroid dienone is 1. The zero-order chi connectivity index (χ0) is 12.1. The highest BCUT2D eigenvalue weighted by molar-refractivity contribution is 5.93. The maximum Gasteiger partial charge on any atom is 0.335 e. The second kappa shape index (κ2) is 5.53. The zero-order valence-corrected chi connectivity index (χ0v) is 9.67. The molecule has 1 atom stereocenters. The van der Waals surface area contributed by atoms with Crippen molar-refractivity contribution in [3.63, 3.8) is 0 Å². The van der Waals surface area contributed by atoms with E-state index in [1.807, 2.05) is 0 Å². The lowest BCUT2D eigenvalue weighted by Crippen LogP contribution is -2.49. The van der Waals surface area contributed by atoms with Gasteiger partial charge >= 0.3 is 12.0 Å². The lowest BCUT2D eigenvalue weighted by Gasteiger charge is -2.26. The van der Waals surface area contributed by atoms with E-state index in [-0.39, 0.29) is 17.6 Å². The fourth-order valence-corrected chi connectivity index (χ4v) is 1.89. The Balaban J connectivity index is 2.75. The van der Waals surface area contributed by atoms with Gasteiger partial charge in [-0.05, 0) is 13.3 Å². The van der Waals surface area contributed by atoms with E-state index in [9.17, 15) is 9.59 Å². The van der Waals surface area contributed by atoms with Crippen LogP contribution in [0.1, 0.15) is 39.5 Å². The predicted molar refractivity (Wildman–Crippen MR) is 59.9 cm³/mol. The smallest absolute Gasteiger partial charge is 0.335 e. The molecule has 1 aliphatic rings. The molecule has 1 aliphatic heterocycles. The number of urea groups is 1. The van der Waals surface area contributed by atoms with Crippen LogP contribution in [-0.2, 0) is 4.79 Å². The van der Waals surface area contributed by atoms with Gasteiger partial charge in [-0.3, -0.25) is 0 Å². The van der Waals surface area contributed by atoms with Crippen molar-refractivity contribution < 1.29 is 14.7 Å². The highest BCUT2D eigenvalue weighted by Gasteiger charge is 2.28. The van der Waals surface area contributed by atoms with E-state index >= 15 is 0 Å². The maximum atomic E-state index is 11.2. The van der Waals surface area contributed by atoms with Gasteiger partial charge in [0.1, 0.15) is 0 Å². The molecule has 0 radical (unpaired) electrons. The number of unbranched alkanes of at least 4 members (excludes halogenated alkanes) is 2. The number of rotatable bonds is 5. The standard InChI is InChI=1S/C11H18N2O3/c1-3-4-5-6-8-9(10(14)15)7(2)12-11(16)13-8/h8H,3-6H2,1-2H3,(H,14,15)(H2,12,13,16). The molecule has 90 valence electrons. The van der Waals surface area contributed by atoms with Crippen LogP contribution in [0.15, 0.2) is 11.3 Å². The van der Waals surface area contributed by atoms with Gasteiger partial charge in [-0.15, -0.1) is 0 Å². The monoisotopic (exact) mass is 226 g/mol. The van der Waals surface area contributed by atoms with Gasteiger partial charge in [0.2, 0.25) is 0 Å². The Labute approximate surface area is 94.9 Å². The quantitative estimate of drug-likeness (QED) is 0.623. The maximum absolute atomic E-state index is 11.2. The van der Waals surface area contributed by atoms with Crippen molar-refractivity contribution in [2.45, 2.75) is 45.6 Å². The minimum absolute atomic E-state index is 0.274. The van der Waals surface area contributed by atoms with Crippen molar-refractivity contribution in [2.24, 2.45) is 0 Å². The molecule has 0 spiro atoms. The average Bonchev–Trinajstić information content (AvgIpc) is 2.16. The van der Waals surface area contributed by atoms with Crippen LogP contribution in [-0.4, -0.2) is 23.1 Å². The first-order valence-corrected chi connectivity index (χ1v) is 5.57. The van der Waals surface area contributed by atoms with E-state index in [0.29, 0.717) is 12.1 Å². The van der Waals surface area contributed by atoms with Gasteiger partial charge in [-0.2, -0.15) is 0 Å². The molecule has 1 unspecified atom stereocenters. The van der Waals surface area contributed by atoms with Crippen LogP contribution in [0.2, 0.25) is 0 Å². The molecule has 0 aromatic heterocycles. The molecule has 0 aromatic rings. The van der Waals surface area contributed by atoms with Gasteiger partial charge in [0, 0.05) is 5.70 Å².